The average Bonchev–Trinajstić information content (AvgIpc) is 2.70. The zero-order chi connectivity index (χ0) is 11.4. The van der Waals surface area contributed by atoms with Crippen LogP contribution in [-0.2, 0) is 6.54 Å². The largest absolute Gasteiger partial charge is 0.345 e. The highest BCUT2D eigenvalue weighted by Gasteiger charge is 2.19. The van der Waals surface area contributed by atoms with Crippen molar-refractivity contribution in [2.24, 2.45) is 4.99 Å². The van der Waals surface area contributed by atoms with E-state index in [1.807, 2.05) is 24.5 Å². The summed E-state index contributed by atoms with van der Waals surface area (Å²) in [5.41, 5.74) is 1.12. The molecule has 1 aliphatic rings. The van der Waals surface area contributed by atoms with Crippen molar-refractivity contribution < 1.29 is 0 Å². The van der Waals surface area contributed by atoms with Crippen LogP contribution in [0.1, 0.15) is 5.56 Å². The fourth-order valence-electron chi connectivity index (χ4n) is 1.45. The molecule has 0 aliphatic carbocycles. The van der Waals surface area contributed by atoms with Gasteiger partial charge in [0.1, 0.15) is 4.60 Å². The summed E-state index contributed by atoms with van der Waals surface area (Å²) in [6.45, 7) is 1.69. The molecule has 0 saturated carbocycles. The highest BCUT2D eigenvalue weighted by molar-refractivity contribution is 9.10. The molecule has 1 aromatic rings. The second-order valence-corrected chi connectivity index (χ2v) is 5.13. The first kappa shape index (κ1) is 11.4. The van der Waals surface area contributed by atoms with E-state index in [9.17, 15) is 0 Å². The Hall–Kier alpha value is -1.06. The predicted molar refractivity (Wildman–Crippen MR) is 67.9 cm³/mol. The van der Waals surface area contributed by atoms with Crippen LogP contribution in [0.3, 0.4) is 0 Å². The van der Waals surface area contributed by atoms with Crippen LogP contribution in [-0.4, -0.2) is 27.3 Å². The van der Waals surface area contributed by atoms with Crippen LogP contribution in [0.2, 0.25) is 0 Å². The number of halogens is 1. The summed E-state index contributed by atoms with van der Waals surface area (Å²) >= 11 is 4.92. The summed E-state index contributed by atoms with van der Waals surface area (Å²) < 4.78 is 0.831. The summed E-state index contributed by atoms with van der Waals surface area (Å²) in [5.74, 6) is 0.991. The van der Waals surface area contributed by atoms with Gasteiger partial charge in [0.15, 0.2) is 5.17 Å². The molecule has 0 bridgehead atoms. The van der Waals surface area contributed by atoms with E-state index in [-0.39, 0.29) is 0 Å². The van der Waals surface area contributed by atoms with Gasteiger partial charge in [0.05, 0.1) is 0 Å². The van der Waals surface area contributed by atoms with Gasteiger partial charge in [-0.15, -0.1) is 4.99 Å². The van der Waals surface area contributed by atoms with Crippen LogP contribution in [0.15, 0.2) is 27.9 Å². The number of nitrogens with zero attached hydrogens (tertiary/aromatic N) is 4. The molecule has 2 rings (SSSR count). The van der Waals surface area contributed by atoms with Gasteiger partial charge in [0.2, 0.25) is 6.19 Å². The molecule has 1 fully saturated rings. The van der Waals surface area contributed by atoms with E-state index in [0.29, 0.717) is 0 Å². The molecule has 1 aromatic heterocycles. The molecule has 0 radical (unpaired) electrons. The van der Waals surface area contributed by atoms with Gasteiger partial charge in [-0.3, -0.25) is 0 Å². The molecule has 0 unspecified atom stereocenters. The maximum absolute atomic E-state index is 8.55. The fraction of sp³-hybridized carbons (Fsp3) is 0.300. The summed E-state index contributed by atoms with van der Waals surface area (Å²) in [5, 5.41) is 9.36. The summed E-state index contributed by atoms with van der Waals surface area (Å²) in [7, 11) is 0. The Labute approximate surface area is 107 Å². The van der Waals surface area contributed by atoms with E-state index in [1.165, 1.54) is 0 Å². The maximum atomic E-state index is 8.55. The lowest BCUT2D eigenvalue weighted by molar-refractivity contribution is 0.456. The van der Waals surface area contributed by atoms with Gasteiger partial charge in [-0.1, -0.05) is 17.8 Å². The zero-order valence-corrected chi connectivity index (χ0v) is 10.8. The second kappa shape index (κ2) is 5.32. The standard InChI is InChI=1S/C10H9BrN4S/c11-9-2-1-8(5-13-9)6-15-3-4-16-10(15)14-7-12/h1-2,5H,3-4,6H2/b14-10+. The SMILES string of the molecule is N#C/N=C1/SCCN1Cc1ccc(Br)nc1. The van der Waals surface area contributed by atoms with E-state index in [4.69, 9.17) is 5.26 Å². The second-order valence-electron chi connectivity index (χ2n) is 3.25. The number of hydrogen-bond acceptors (Lipinski definition) is 4. The Morgan fingerprint density at radius 2 is 2.50 bits per heavy atom. The molecule has 16 heavy (non-hydrogen) atoms. The molecule has 6 heteroatoms. The third-order valence-electron chi connectivity index (χ3n) is 2.17. The first-order valence-corrected chi connectivity index (χ1v) is 6.52. The Morgan fingerprint density at radius 3 is 3.19 bits per heavy atom. The molecule has 0 aromatic carbocycles. The van der Waals surface area contributed by atoms with Gasteiger partial charge < -0.3 is 4.90 Å². The first-order chi connectivity index (χ1) is 7.79. The minimum Gasteiger partial charge on any atom is -0.345 e. The lowest BCUT2D eigenvalue weighted by Crippen LogP contribution is -2.23. The molecule has 0 atom stereocenters. The number of pyridine rings is 1. The van der Waals surface area contributed by atoms with Gasteiger partial charge in [-0.25, -0.2) is 4.98 Å². The van der Waals surface area contributed by atoms with Gasteiger partial charge in [-0.05, 0) is 27.6 Å². The lowest BCUT2D eigenvalue weighted by atomic mass is 10.3. The highest BCUT2D eigenvalue weighted by atomic mass is 79.9. The van der Waals surface area contributed by atoms with Crippen molar-refractivity contribution in [3.8, 4) is 6.19 Å². The Kier molecular flexibility index (Phi) is 3.80. The Morgan fingerprint density at radius 1 is 1.62 bits per heavy atom. The molecule has 1 saturated heterocycles. The van der Waals surface area contributed by atoms with E-state index in [1.54, 1.807) is 11.8 Å². The summed E-state index contributed by atoms with van der Waals surface area (Å²) in [4.78, 5) is 10.1. The van der Waals surface area contributed by atoms with Crippen molar-refractivity contribution in [3.63, 3.8) is 0 Å². The molecule has 0 spiro atoms. The zero-order valence-electron chi connectivity index (χ0n) is 8.43. The van der Waals surface area contributed by atoms with Crippen LogP contribution in [0.4, 0.5) is 0 Å². The van der Waals surface area contributed by atoms with Gasteiger partial charge >= 0.3 is 0 Å². The number of aliphatic imine (C=N–C) groups is 1. The smallest absolute Gasteiger partial charge is 0.208 e. The average molecular weight is 297 g/mol. The normalized spacial score (nSPS) is 17.8. The minimum absolute atomic E-state index is 0.758. The molecular formula is C10H9BrN4S. The quantitative estimate of drug-likeness (QED) is 0.620. The van der Waals surface area contributed by atoms with Crippen molar-refractivity contribution in [1.29, 1.82) is 5.26 Å². The molecular weight excluding hydrogens is 288 g/mol. The van der Waals surface area contributed by atoms with Crippen molar-refractivity contribution in [2.75, 3.05) is 12.3 Å². The van der Waals surface area contributed by atoms with Crippen LogP contribution >= 0.6 is 27.7 Å². The first-order valence-electron chi connectivity index (χ1n) is 4.74. The topological polar surface area (TPSA) is 52.3 Å². The number of amidine groups is 1. The van der Waals surface area contributed by atoms with Crippen molar-refractivity contribution in [1.82, 2.24) is 9.88 Å². The molecule has 4 nitrogen and oxygen atoms in total. The number of rotatable bonds is 2. The van der Waals surface area contributed by atoms with E-state index in [2.05, 4.69) is 30.8 Å². The summed E-state index contributed by atoms with van der Waals surface area (Å²) in [6.07, 6.45) is 3.67. The number of thioether (sulfide) groups is 1. The number of hydrogen-bond donors (Lipinski definition) is 0. The summed E-state index contributed by atoms with van der Waals surface area (Å²) in [6, 6.07) is 3.93. The maximum Gasteiger partial charge on any atom is 0.208 e. The molecule has 1 aliphatic heterocycles. The third kappa shape index (κ3) is 2.74. The number of nitriles is 1. The number of aromatic nitrogens is 1. The lowest BCUT2D eigenvalue weighted by Gasteiger charge is -2.16. The molecule has 0 amide bonds. The van der Waals surface area contributed by atoms with E-state index in [0.717, 1.165) is 34.2 Å². The van der Waals surface area contributed by atoms with Crippen LogP contribution in [0, 0.1) is 11.5 Å². The minimum atomic E-state index is 0.758. The van der Waals surface area contributed by atoms with Crippen LogP contribution in [0.5, 0.6) is 0 Å². The van der Waals surface area contributed by atoms with Crippen molar-refractivity contribution in [2.45, 2.75) is 6.54 Å². The fourth-order valence-corrected chi connectivity index (χ4v) is 2.62. The van der Waals surface area contributed by atoms with Crippen molar-refractivity contribution in [3.05, 3.63) is 28.5 Å². The van der Waals surface area contributed by atoms with Gasteiger partial charge in [-0.2, -0.15) is 5.26 Å². The predicted octanol–water partition coefficient (Wildman–Crippen LogP) is 2.23. The van der Waals surface area contributed by atoms with Crippen molar-refractivity contribution >= 4 is 32.9 Å². The van der Waals surface area contributed by atoms with Gasteiger partial charge in [0, 0.05) is 25.0 Å². The monoisotopic (exact) mass is 296 g/mol. The highest BCUT2D eigenvalue weighted by Crippen LogP contribution is 2.20. The van der Waals surface area contributed by atoms with Gasteiger partial charge in [0.25, 0.3) is 0 Å². The molecule has 0 N–H and O–H groups in total. The van der Waals surface area contributed by atoms with Crippen LogP contribution < -0.4 is 0 Å². The third-order valence-corrected chi connectivity index (χ3v) is 3.63. The Balaban J connectivity index is 2.07. The van der Waals surface area contributed by atoms with E-state index >= 15 is 0 Å². The Bertz CT molecular complexity index is 437. The van der Waals surface area contributed by atoms with E-state index < -0.39 is 0 Å². The molecule has 2 heterocycles. The molecule has 82 valence electrons. The van der Waals surface area contributed by atoms with Crippen LogP contribution in [0.25, 0.3) is 0 Å².